The van der Waals surface area contributed by atoms with Gasteiger partial charge in [-0.25, -0.2) is 0 Å². The summed E-state index contributed by atoms with van der Waals surface area (Å²) in [6.45, 7) is 0. The second-order valence-corrected chi connectivity index (χ2v) is 0. The van der Waals surface area contributed by atoms with Gasteiger partial charge in [-0.3, -0.25) is 4.70 Å². The zero-order chi connectivity index (χ0) is 0. The maximum atomic E-state index is 0. The van der Waals surface area contributed by atoms with Gasteiger partial charge in [0.05, 0.1) is 0 Å². The molecule has 0 saturated heterocycles. The summed E-state index contributed by atoms with van der Waals surface area (Å²) in [5, 5.41) is 0. The molecule has 0 aliphatic rings. The fraction of sp³-hybridized carbons (Fsp3) is 0. The van der Waals surface area contributed by atoms with Crippen molar-refractivity contribution in [3.63, 3.8) is 0 Å². The normalized spacial score (nSPS) is 0. The van der Waals surface area contributed by atoms with E-state index in [0.29, 0.717) is 0 Å². The van der Waals surface area contributed by atoms with E-state index in [1.807, 2.05) is 0 Å². The van der Waals surface area contributed by atoms with E-state index in [-0.39, 0.29) is 113 Å². The van der Waals surface area contributed by atoms with Crippen molar-refractivity contribution < 1.29 is 15.7 Å². The molecule has 0 atom stereocenters. The Morgan fingerprint density at radius 2 is 1.00 bits per heavy atom. The molecule has 8 heavy (non-hydrogen) atoms. The minimum Gasteiger partial charge on any atom is -0.870 e. The standard InChI is InChI=1S/Al.B.Ca.FH.Mg.2H2O.Si/h;;;1H;;2*1H2;/p-1. The molecule has 0 bridgehead atoms. The molecular weight excluding hydrogens is 181 g/mol. The summed E-state index contributed by atoms with van der Waals surface area (Å²) < 4.78 is 0. The smallest absolute Gasteiger partial charge is 0 e. The largest absolute Gasteiger partial charge is 0.870 e. The van der Waals surface area contributed by atoms with Gasteiger partial charge in [-0.05, 0) is 0 Å². The Morgan fingerprint density at radius 1 is 1.00 bits per heavy atom. The first-order valence-electron chi connectivity index (χ1n) is 0. The van der Waals surface area contributed by atoms with Crippen LogP contribution in [0, 0.1) is 0 Å². The molecule has 0 fully saturated rings. The van der Waals surface area contributed by atoms with E-state index in [2.05, 4.69) is 0 Å². The van der Waals surface area contributed by atoms with Crippen molar-refractivity contribution >= 4 is 97.5 Å². The quantitative estimate of drug-likeness (QED) is 0.377. The van der Waals surface area contributed by atoms with E-state index in [1.54, 1.807) is 0 Å². The summed E-state index contributed by atoms with van der Waals surface area (Å²) in [6, 6.07) is 0. The maximum Gasteiger partial charge on any atom is 0 e. The molecule has 0 unspecified atom stereocenters. The fourth-order valence-corrected chi connectivity index (χ4v) is 0. The summed E-state index contributed by atoms with van der Waals surface area (Å²) in [5.74, 6) is 0. The van der Waals surface area contributed by atoms with Crippen molar-refractivity contribution in [3.8, 4) is 0 Å². The van der Waals surface area contributed by atoms with Gasteiger partial charge in [0.2, 0.25) is 0 Å². The third kappa shape index (κ3) is 71.0. The minimum absolute atomic E-state index is 0. The zero-order valence-electron chi connectivity index (χ0n) is 4.42. The Morgan fingerprint density at radius 3 is 1.00 bits per heavy atom. The van der Waals surface area contributed by atoms with Crippen LogP contribution in [0.3, 0.4) is 0 Å². The molecule has 3 N–H and O–H groups in total. The summed E-state index contributed by atoms with van der Waals surface area (Å²) in [6.07, 6.45) is 0. The molecule has 0 rings (SSSR count). The fourth-order valence-electron chi connectivity index (χ4n) is 0. The molecule has 0 aromatic heterocycles. The van der Waals surface area contributed by atoms with Crippen LogP contribution in [-0.2, 0) is 0 Å². The summed E-state index contributed by atoms with van der Waals surface area (Å²) in [4.78, 5) is 0. The van der Waals surface area contributed by atoms with Crippen LogP contribution in [0.2, 0.25) is 0 Å². The van der Waals surface area contributed by atoms with Crippen LogP contribution in [0.25, 0.3) is 0 Å². The first-order chi connectivity index (χ1) is 0. The van der Waals surface area contributed by atoms with E-state index in [4.69, 9.17) is 0 Å². The predicted octanol–water partition coefficient (Wildman–Crippen LogP) is -2.75. The Kier molecular flexibility index (Phi) is 1750. The molecule has 0 aliphatic carbocycles. The molecule has 0 saturated carbocycles. The Bertz CT molecular complexity index is 22.0. The van der Waals surface area contributed by atoms with Crippen LogP contribution < -0.4 is 0 Å². The van der Waals surface area contributed by atoms with Crippen molar-refractivity contribution in [3.05, 3.63) is 0 Å². The first-order valence-corrected chi connectivity index (χ1v) is 0. The van der Waals surface area contributed by atoms with Crippen LogP contribution in [0.15, 0.2) is 0 Å². The maximum absolute atomic E-state index is 0. The van der Waals surface area contributed by atoms with Gasteiger partial charge in [-0.2, -0.15) is 0 Å². The van der Waals surface area contributed by atoms with Gasteiger partial charge in [-0.15, -0.1) is 0 Å². The average Bonchev–Trinajstić information content (AvgIpc) is 0. The van der Waals surface area contributed by atoms with Crippen LogP contribution in [0.4, 0.5) is 4.70 Å². The van der Waals surface area contributed by atoms with Gasteiger partial charge in [0.1, 0.15) is 0 Å². The molecule has 2 nitrogen and oxygen atoms in total. The van der Waals surface area contributed by atoms with E-state index in [1.165, 1.54) is 0 Å². The van der Waals surface area contributed by atoms with E-state index in [0.717, 1.165) is 0 Å². The third-order valence-electron chi connectivity index (χ3n) is 0. The molecule has 0 aliphatic heterocycles. The third-order valence-corrected chi connectivity index (χ3v) is 0. The second kappa shape index (κ2) is 101. The van der Waals surface area contributed by atoms with Gasteiger partial charge in [0.25, 0.3) is 0 Å². The topological polar surface area (TPSA) is 61.5 Å². The Labute approximate surface area is 111 Å². The van der Waals surface area contributed by atoms with Gasteiger partial charge < -0.3 is 11.0 Å². The minimum atomic E-state index is 0. The van der Waals surface area contributed by atoms with Crippen molar-refractivity contribution in [1.29, 1.82) is 0 Å². The van der Waals surface area contributed by atoms with Crippen molar-refractivity contribution in [2.45, 2.75) is 0 Å². The Hall–Kier alpha value is 2.69. The monoisotopic (exact) mass is 185 g/mol. The zero-order valence-corrected chi connectivity index (χ0v) is 10.2. The van der Waals surface area contributed by atoms with Gasteiger partial charge in [-0.1, -0.05) is 0 Å². The number of hydrogen-bond acceptors (Lipinski definition) is 1. The average molecular weight is 185 g/mol. The molecule has 8 heteroatoms. The molecule has 14 radical (unpaired) electrons. The van der Waals surface area contributed by atoms with E-state index in [9.17, 15) is 0 Å². The van der Waals surface area contributed by atoms with Crippen LogP contribution in [0.1, 0.15) is 0 Å². The molecule has 38 valence electrons. The van der Waals surface area contributed by atoms with Gasteiger partial charge in [0.15, 0.2) is 0 Å². The number of hydrogen-bond donors (Lipinski definition) is 0. The number of halogens is 1. The van der Waals surface area contributed by atoms with Gasteiger partial charge >= 0.3 is 0 Å². The van der Waals surface area contributed by atoms with Crippen LogP contribution in [-0.4, -0.2) is 108 Å². The Balaban J connectivity index is 0. The van der Waals surface area contributed by atoms with Crippen LogP contribution in [0.5, 0.6) is 0 Å². The molecular formula is H4AlBCaFMgO2Si-. The summed E-state index contributed by atoms with van der Waals surface area (Å²) >= 11 is 0. The molecule has 0 spiro atoms. The van der Waals surface area contributed by atoms with Crippen molar-refractivity contribution in [2.75, 3.05) is 0 Å². The van der Waals surface area contributed by atoms with Crippen LogP contribution >= 0.6 is 0 Å². The molecule has 0 amide bonds. The molecule has 0 heterocycles. The molecule has 0 aromatic carbocycles. The first kappa shape index (κ1) is 139. The molecule has 0 aromatic rings. The summed E-state index contributed by atoms with van der Waals surface area (Å²) in [7, 11) is 0. The van der Waals surface area contributed by atoms with Crippen molar-refractivity contribution in [1.82, 2.24) is 0 Å². The van der Waals surface area contributed by atoms with Crippen molar-refractivity contribution in [2.24, 2.45) is 0 Å². The predicted molar refractivity (Wildman–Crippen MR) is 36.8 cm³/mol. The van der Waals surface area contributed by atoms with E-state index < -0.39 is 0 Å². The summed E-state index contributed by atoms with van der Waals surface area (Å²) in [5.41, 5.74) is 0. The number of rotatable bonds is 0. The SMILES string of the molecule is F.O.[Al].[B].[Ca].[Mg].[OH-].[Si]. The second-order valence-electron chi connectivity index (χ2n) is 0. The van der Waals surface area contributed by atoms with E-state index >= 15 is 0 Å². The van der Waals surface area contributed by atoms with Gasteiger partial charge in [0, 0.05) is 97.5 Å².